The fourth-order valence-electron chi connectivity index (χ4n) is 3.57. The zero-order valence-electron chi connectivity index (χ0n) is 16.0. The summed E-state index contributed by atoms with van der Waals surface area (Å²) >= 11 is 0. The van der Waals surface area contributed by atoms with E-state index in [0.717, 1.165) is 48.1 Å². The van der Waals surface area contributed by atoms with Gasteiger partial charge in [0.25, 0.3) is 5.56 Å². The second-order valence-corrected chi connectivity index (χ2v) is 6.96. The number of piperazine rings is 1. The van der Waals surface area contributed by atoms with E-state index in [1.807, 2.05) is 30.3 Å². The van der Waals surface area contributed by atoms with Crippen molar-refractivity contribution < 1.29 is 5.11 Å². The number of nitrogens with one attached hydrogen (secondary N) is 2. The highest BCUT2D eigenvalue weighted by Crippen LogP contribution is 2.24. The molecule has 0 aliphatic carbocycles. The second kappa shape index (κ2) is 8.42. The zero-order chi connectivity index (χ0) is 20.2. The Balaban J connectivity index is 1.67. The number of fused-ring (bicyclic) bond motifs is 1. The smallest absolute Gasteiger partial charge is 0.335 e. The highest BCUT2D eigenvalue weighted by atomic mass is 16.3. The summed E-state index contributed by atoms with van der Waals surface area (Å²) in [7, 11) is 0. The molecule has 0 unspecified atom stereocenters. The molecule has 1 aliphatic heterocycles. The van der Waals surface area contributed by atoms with E-state index in [-0.39, 0.29) is 5.56 Å². The molecule has 1 saturated heterocycles. The molecule has 8 heteroatoms. The van der Waals surface area contributed by atoms with E-state index in [1.165, 1.54) is 6.21 Å². The number of aliphatic imine (C=N–C) groups is 1. The highest BCUT2D eigenvalue weighted by Gasteiger charge is 2.16. The Hall–Kier alpha value is -3.23. The normalized spacial score (nSPS) is 15.3. The van der Waals surface area contributed by atoms with Gasteiger partial charge in [-0.3, -0.25) is 19.7 Å². The van der Waals surface area contributed by atoms with Gasteiger partial charge < -0.3 is 10.4 Å². The highest BCUT2D eigenvalue weighted by molar-refractivity contribution is 5.91. The lowest BCUT2D eigenvalue weighted by molar-refractivity contribution is 0.248. The predicted molar refractivity (Wildman–Crippen MR) is 114 cm³/mol. The quantitative estimate of drug-likeness (QED) is 0.554. The van der Waals surface area contributed by atoms with Gasteiger partial charge in [-0.05, 0) is 11.5 Å². The van der Waals surface area contributed by atoms with Crippen molar-refractivity contribution in [3.8, 4) is 11.6 Å². The van der Waals surface area contributed by atoms with Crippen molar-refractivity contribution in [3.05, 3.63) is 68.9 Å². The number of nitrogens with zero attached hydrogens (tertiary/aromatic N) is 3. The molecule has 0 saturated carbocycles. The van der Waals surface area contributed by atoms with Crippen LogP contribution >= 0.6 is 0 Å². The van der Waals surface area contributed by atoms with E-state index in [1.54, 1.807) is 12.1 Å². The van der Waals surface area contributed by atoms with E-state index in [4.69, 9.17) is 0 Å². The molecule has 3 aromatic rings. The number of aromatic nitrogens is 2. The summed E-state index contributed by atoms with van der Waals surface area (Å²) in [6.07, 6.45) is 1.34. The maximum absolute atomic E-state index is 12.5. The number of rotatable bonds is 5. The van der Waals surface area contributed by atoms with Crippen LogP contribution in [-0.4, -0.2) is 65.0 Å². The molecule has 2 heterocycles. The molecule has 8 nitrogen and oxygen atoms in total. The van der Waals surface area contributed by atoms with E-state index in [2.05, 4.69) is 20.2 Å². The van der Waals surface area contributed by atoms with E-state index >= 15 is 0 Å². The minimum absolute atomic E-state index is 0.0298. The number of benzene rings is 2. The fraction of sp³-hybridized carbons (Fsp3) is 0.286. The summed E-state index contributed by atoms with van der Waals surface area (Å²) in [6.45, 7) is 5.13. The molecule has 4 rings (SSSR count). The van der Waals surface area contributed by atoms with Crippen LogP contribution in [0.15, 0.2) is 57.0 Å². The third-order valence-corrected chi connectivity index (χ3v) is 5.10. The molecule has 150 valence electrons. The first-order valence-electron chi connectivity index (χ1n) is 9.64. The average molecular weight is 393 g/mol. The van der Waals surface area contributed by atoms with Gasteiger partial charge in [-0.15, -0.1) is 0 Å². The molecular weight excluding hydrogens is 370 g/mol. The first-order chi connectivity index (χ1) is 14.1. The number of hydrogen-bond donors (Lipinski definition) is 3. The maximum Gasteiger partial charge on any atom is 0.335 e. The van der Waals surface area contributed by atoms with Gasteiger partial charge in [0, 0.05) is 44.3 Å². The van der Waals surface area contributed by atoms with Crippen LogP contribution in [0.4, 0.5) is 0 Å². The van der Waals surface area contributed by atoms with Gasteiger partial charge in [-0.1, -0.05) is 36.4 Å². The summed E-state index contributed by atoms with van der Waals surface area (Å²) in [6, 6.07) is 13.0. The number of hydrogen-bond acceptors (Lipinski definition) is 6. The first-order valence-corrected chi connectivity index (χ1v) is 9.64. The minimum Gasteiger partial charge on any atom is -0.493 e. The lowest BCUT2D eigenvalue weighted by Crippen LogP contribution is -2.44. The van der Waals surface area contributed by atoms with Crippen molar-refractivity contribution in [2.24, 2.45) is 4.99 Å². The van der Waals surface area contributed by atoms with Gasteiger partial charge in [0.2, 0.25) is 5.88 Å². The largest absolute Gasteiger partial charge is 0.493 e. The molecule has 1 fully saturated rings. The molecule has 1 aliphatic rings. The van der Waals surface area contributed by atoms with Crippen LogP contribution in [0.1, 0.15) is 5.56 Å². The molecule has 0 bridgehead atoms. The van der Waals surface area contributed by atoms with Crippen LogP contribution in [0.25, 0.3) is 16.5 Å². The van der Waals surface area contributed by atoms with Gasteiger partial charge in [-0.25, -0.2) is 9.36 Å². The Labute approximate surface area is 167 Å². The number of aromatic amines is 1. The van der Waals surface area contributed by atoms with E-state index in [9.17, 15) is 14.7 Å². The lowest BCUT2D eigenvalue weighted by atomic mass is 10.1. The Kier molecular flexibility index (Phi) is 5.55. The standard InChI is InChI=1S/C21H23N5O3/c27-19-17(14-23-10-13-25-11-8-22-9-12-25)20(28)26(21(29)24-19)18-7-3-5-15-4-1-2-6-16(15)18/h1-7,14,22,28H,8-13H2,(H,24,27,29). The van der Waals surface area contributed by atoms with Crippen LogP contribution in [0.3, 0.4) is 0 Å². The van der Waals surface area contributed by atoms with Crippen molar-refractivity contribution >= 4 is 17.0 Å². The van der Waals surface area contributed by atoms with Gasteiger partial charge in [0.15, 0.2) is 0 Å². The van der Waals surface area contributed by atoms with Crippen LogP contribution in [0.5, 0.6) is 5.88 Å². The molecule has 0 amide bonds. The number of H-pyrrole nitrogens is 1. The van der Waals surface area contributed by atoms with Crippen molar-refractivity contribution in [2.75, 3.05) is 39.3 Å². The Bertz CT molecular complexity index is 1150. The van der Waals surface area contributed by atoms with Gasteiger partial charge >= 0.3 is 5.69 Å². The summed E-state index contributed by atoms with van der Waals surface area (Å²) < 4.78 is 1.11. The summed E-state index contributed by atoms with van der Waals surface area (Å²) in [5.74, 6) is -0.416. The van der Waals surface area contributed by atoms with Crippen molar-refractivity contribution in [1.29, 1.82) is 0 Å². The summed E-state index contributed by atoms with van der Waals surface area (Å²) in [4.78, 5) is 33.6. The van der Waals surface area contributed by atoms with Crippen LogP contribution in [0.2, 0.25) is 0 Å². The van der Waals surface area contributed by atoms with Crippen molar-refractivity contribution in [2.45, 2.75) is 0 Å². The maximum atomic E-state index is 12.5. The predicted octanol–water partition coefficient (Wildman–Crippen LogP) is 0.709. The molecule has 0 atom stereocenters. The van der Waals surface area contributed by atoms with Gasteiger partial charge in [0.05, 0.1) is 12.2 Å². The summed E-state index contributed by atoms with van der Waals surface area (Å²) in [5, 5.41) is 15.8. The fourth-order valence-corrected chi connectivity index (χ4v) is 3.57. The minimum atomic E-state index is -0.693. The summed E-state index contributed by atoms with van der Waals surface area (Å²) in [5.41, 5.74) is -0.883. The molecule has 2 aromatic carbocycles. The lowest BCUT2D eigenvalue weighted by Gasteiger charge is -2.26. The van der Waals surface area contributed by atoms with E-state index < -0.39 is 17.1 Å². The second-order valence-electron chi connectivity index (χ2n) is 6.96. The van der Waals surface area contributed by atoms with Crippen LogP contribution < -0.4 is 16.6 Å². The SMILES string of the molecule is O=c1[nH]c(=O)n(-c2cccc3ccccc23)c(O)c1C=NCCN1CCNCC1. The molecule has 3 N–H and O–H groups in total. The van der Waals surface area contributed by atoms with Crippen LogP contribution in [-0.2, 0) is 0 Å². The van der Waals surface area contributed by atoms with Gasteiger partial charge in [-0.2, -0.15) is 0 Å². The Morgan fingerprint density at radius 3 is 2.66 bits per heavy atom. The van der Waals surface area contributed by atoms with Gasteiger partial charge in [0.1, 0.15) is 5.56 Å². The van der Waals surface area contributed by atoms with E-state index in [0.29, 0.717) is 12.2 Å². The van der Waals surface area contributed by atoms with Crippen LogP contribution in [0, 0.1) is 0 Å². The molecular formula is C21H23N5O3. The first kappa shape index (κ1) is 19.1. The van der Waals surface area contributed by atoms with Crippen molar-refractivity contribution in [1.82, 2.24) is 19.8 Å². The average Bonchev–Trinajstić information content (AvgIpc) is 2.74. The molecule has 1 aromatic heterocycles. The monoisotopic (exact) mass is 393 g/mol. The topological polar surface area (TPSA) is 103 Å². The van der Waals surface area contributed by atoms with Crippen molar-refractivity contribution in [3.63, 3.8) is 0 Å². The third kappa shape index (κ3) is 3.98. The molecule has 0 radical (unpaired) electrons. The third-order valence-electron chi connectivity index (χ3n) is 5.10. The molecule has 29 heavy (non-hydrogen) atoms. The Morgan fingerprint density at radius 2 is 1.83 bits per heavy atom. The molecule has 0 spiro atoms. The zero-order valence-corrected chi connectivity index (χ0v) is 16.0. The number of aromatic hydroxyl groups is 1. The Morgan fingerprint density at radius 1 is 1.07 bits per heavy atom.